The standard InChI is InChI=1S/C12H13IO5/c1-3-17-10-5-8(6-14)4-9(13)11(10)18-7(2)12(15)16/h4-7H,3H2,1-2H3,(H,15,16). The predicted molar refractivity (Wildman–Crippen MR) is 73.4 cm³/mol. The number of carboxylic acid groups (broad SMARTS) is 1. The van der Waals surface area contributed by atoms with Gasteiger partial charge in [-0.2, -0.15) is 0 Å². The highest BCUT2D eigenvalue weighted by Crippen LogP contribution is 2.34. The van der Waals surface area contributed by atoms with Gasteiger partial charge in [0.25, 0.3) is 0 Å². The van der Waals surface area contributed by atoms with Gasteiger partial charge < -0.3 is 14.6 Å². The van der Waals surface area contributed by atoms with E-state index in [4.69, 9.17) is 14.6 Å². The van der Waals surface area contributed by atoms with Gasteiger partial charge in [-0.15, -0.1) is 0 Å². The van der Waals surface area contributed by atoms with Crippen molar-refractivity contribution < 1.29 is 24.2 Å². The summed E-state index contributed by atoms with van der Waals surface area (Å²) in [6.07, 6.45) is -0.283. The summed E-state index contributed by atoms with van der Waals surface area (Å²) in [6, 6.07) is 3.14. The summed E-state index contributed by atoms with van der Waals surface area (Å²) in [6.45, 7) is 3.63. The Balaban J connectivity index is 3.15. The van der Waals surface area contributed by atoms with Crippen LogP contribution in [0.25, 0.3) is 0 Å². The molecule has 0 bridgehead atoms. The summed E-state index contributed by atoms with van der Waals surface area (Å²) in [5.41, 5.74) is 0.457. The van der Waals surface area contributed by atoms with Gasteiger partial charge in [0.05, 0.1) is 10.2 Å². The fourth-order valence-electron chi connectivity index (χ4n) is 1.26. The van der Waals surface area contributed by atoms with Gasteiger partial charge in [0.15, 0.2) is 17.6 Å². The molecule has 1 unspecified atom stereocenters. The maximum absolute atomic E-state index is 10.8. The number of ether oxygens (including phenoxy) is 2. The number of carbonyl (C=O) groups excluding carboxylic acids is 1. The second-order valence-corrected chi connectivity index (χ2v) is 4.64. The van der Waals surface area contributed by atoms with Gasteiger partial charge in [-0.05, 0) is 48.6 Å². The van der Waals surface area contributed by atoms with Crippen LogP contribution in [0.1, 0.15) is 24.2 Å². The van der Waals surface area contributed by atoms with Crippen molar-refractivity contribution in [1.29, 1.82) is 0 Å². The number of carboxylic acids is 1. The van der Waals surface area contributed by atoms with Crippen LogP contribution in [-0.4, -0.2) is 30.1 Å². The zero-order valence-electron chi connectivity index (χ0n) is 9.97. The van der Waals surface area contributed by atoms with Gasteiger partial charge in [0, 0.05) is 5.56 Å². The summed E-state index contributed by atoms with van der Waals surface area (Å²) in [5, 5.41) is 8.83. The Morgan fingerprint density at radius 1 is 1.56 bits per heavy atom. The van der Waals surface area contributed by atoms with Crippen molar-refractivity contribution in [3.63, 3.8) is 0 Å². The molecule has 98 valence electrons. The van der Waals surface area contributed by atoms with Crippen molar-refractivity contribution >= 4 is 34.8 Å². The Labute approximate surface area is 118 Å². The van der Waals surface area contributed by atoms with Crippen LogP contribution >= 0.6 is 22.6 Å². The normalized spacial score (nSPS) is 11.7. The lowest BCUT2D eigenvalue weighted by molar-refractivity contribution is -0.144. The first kappa shape index (κ1) is 14.7. The van der Waals surface area contributed by atoms with Crippen molar-refractivity contribution in [3.8, 4) is 11.5 Å². The molecule has 1 atom stereocenters. The number of carbonyl (C=O) groups is 2. The number of rotatable bonds is 6. The largest absolute Gasteiger partial charge is 0.490 e. The second kappa shape index (κ2) is 6.58. The average Bonchev–Trinajstić information content (AvgIpc) is 2.32. The van der Waals surface area contributed by atoms with E-state index in [0.29, 0.717) is 33.5 Å². The molecule has 0 amide bonds. The van der Waals surface area contributed by atoms with Crippen LogP contribution in [-0.2, 0) is 4.79 Å². The maximum atomic E-state index is 10.8. The van der Waals surface area contributed by atoms with Crippen LogP contribution in [0, 0.1) is 3.57 Å². The predicted octanol–water partition coefficient (Wildman–Crippen LogP) is 2.35. The molecule has 0 aliphatic carbocycles. The summed E-state index contributed by atoms with van der Waals surface area (Å²) in [4.78, 5) is 21.5. The molecular formula is C12H13IO5. The van der Waals surface area contributed by atoms with Gasteiger partial charge >= 0.3 is 5.97 Å². The summed E-state index contributed by atoms with van der Waals surface area (Å²) < 4.78 is 11.3. The van der Waals surface area contributed by atoms with Crippen molar-refractivity contribution in [2.45, 2.75) is 20.0 Å². The Hall–Kier alpha value is -1.31. The molecule has 0 radical (unpaired) electrons. The minimum Gasteiger partial charge on any atom is -0.490 e. The highest BCUT2D eigenvalue weighted by Gasteiger charge is 2.18. The number of aliphatic carboxylic acids is 1. The van der Waals surface area contributed by atoms with E-state index >= 15 is 0 Å². The number of benzene rings is 1. The third-order valence-electron chi connectivity index (χ3n) is 2.11. The smallest absolute Gasteiger partial charge is 0.344 e. The molecule has 0 spiro atoms. The first-order chi connectivity index (χ1) is 8.49. The molecule has 1 N–H and O–H groups in total. The quantitative estimate of drug-likeness (QED) is 0.620. The lowest BCUT2D eigenvalue weighted by Gasteiger charge is -2.16. The van der Waals surface area contributed by atoms with E-state index < -0.39 is 12.1 Å². The number of aldehydes is 1. The van der Waals surface area contributed by atoms with E-state index in [2.05, 4.69) is 0 Å². The molecule has 0 heterocycles. The Morgan fingerprint density at radius 2 is 2.22 bits per heavy atom. The first-order valence-electron chi connectivity index (χ1n) is 5.30. The molecular weight excluding hydrogens is 351 g/mol. The zero-order chi connectivity index (χ0) is 13.7. The molecule has 18 heavy (non-hydrogen) atoms. The molecule has 0 saturated heterocycles. The van der Waals surface area contributed by atoms with Crippen LogP contribution in [0.15, 0.2) is 12.1 Å². The second-order valence-electron chi connectivity index (χ2n) is 3.48. The summed E-state index contributed by atoms with van der Waals surface area (Å²) in [7, 11) is 0. The van der Waals surface area contributed by atoms with Crippen LogP contribution < -0.4 is 9.47 Å². The van der Waals surface area contributed by atoms with Crippen molar-refractivity contribution in [3.05, 3.63) is 21.3 Å². The molecule has 0 aromatic heterocycles. The van der Waals surface area contributed by atoms with E-state index in [-0.39, 0.29) is 0 Å². The molecule has 5 nitrogen and oxygen atoms in total. The topological polar surface area (TPSA) is 72.8 Å². The summed E-state index contributed by atoms with van der Waals surface area (Å²) >= 11 is 1.97. The zero-order valence-corrected chi connectivity index (χ0v) is 12.1. The molecule has 0 fully saturated rings. The van der Waals surface area contributed by atoms with Gasteiger partial charge in [-0.1, -0.05) is 0 Å². The molecule has 0 aliphatic heterocycles. The molecule has 0 saturated carbocycles. The maximum Gasteiger partial charge on any atom is 0.344 e. The van der Waals surface area contributed by atoms with Gasteiger partial charge in [0.2, 0.25) is 0 Å². The van der Waals surface area contributed by atoms with Crippen LogP contribution in [0.3, 0.4) is 0 Å². The molecule has 1 rings (SSSR count). The van der Waals surface area contributed by atoms with Crippen molar-refractivity contribution in [1.82, 2.24) is 0 Å². The monoisotopic (exact) mass is 364 g/mol. The van der Waals surface area contributed by atoms with E-state index in [0.717, 1.165) is 0 Å². The van der Waals surface area contributed by atoms with Crippen LogP contribution in [0.5, 0.6) is 11.5 Å². The lowest BCUT2D eigenvalue weighted by Crippen LogP contribution is -2.23. The van der Waals surface area contributed by atoms with Crippen LogP contribution in [0.4, 0.5) is 0 Å². The fourth-order valence-corrected chi connectivity index (χ4v) is 2.01. The van der Waals surface area contributed by atoms with Crippen molar-refractivity contribution in [2.24, 2.45) is 0 Å². The Bertz CT molecular complexity index is 458. The van der Waals surface area contributed by atoms with Gasteiger partial charge in [-0.25, -0.2) is 4.79 Å². The molecule has 1 aromatic rings. The van der Waals surface area contributed by atoms with Gasteiger partial charge in [-0.3, -0.25) is 4.79 Å². The molecule has 0 aliphatic rings. The highest BCUT2D eigenvalue weighted by molar-refractivity contribution is 14.1. The third kappa shape index (κ3) is 3.59. The number of hydrogen-bond donors (Lipinski definition) is 1. The minimum absolute atomic E-state index is 0.345. The average molecular weight is 364 g/mol. The Kier molecular flexibility index (Phi) is 5.39. The van der Waals surface area contributed by atoms with Crippen molar-refractivity contribution in [2.75, 3.05) is 6.61 Å². The van der Waals surface area contributed by atoms with E-state index in [9.17, 15) is 9.59 Å². The van der Waals surface area contributed by atoms with E-state index in [1.54, 1.807) is 13.0 Å². The fraction of sp³-hybridized carbons (Fsp3) is 0.333. The lowest BCUT2D eigenvalue weighted by atomic mass is 10.2. The molecule has 1 aromatic carbocycles. The van der Waals surface area contributed by atoms with E-state index in [1.165, 1.54) is 13.0 Å². The van der Waals surface area contributed by atoms with Crippen LogP contribution in [0.2, 0.25) is 0 Å². The van der Waals surface area contributed by atoms with E-state index in [1.807, 2.05) is 22.6 Å². The number of halogens is 1. The molecule has 6 heteroatoms. The highest BCUT2D eigenvalue weighted by atomic mass is 127. The first-order valence-corrected chi connectivity index (χ1v) is 6.38. The number of hydrogen-bond acceptors (Lipinski definition) is 4. The minimum atomic E-state index is -1.06. The summed E-state index contributed by atoms with van der Waals surface area (Å²) in [5.74, 6) is -0.342. The SMILES string of the molecule is CCOc1cc(C=O)cc(I)c1OC(C)C(=O)O. The Morgan fingerprint density at radius 3 is 2.72 bits per heavy atom. The third-order valence-corrected chi connectivity index (χ3v) is 2.91. The van der Waals surface area contributed by atoms with Gasteiger partial charge in [0.1, 0.15) is 6.29 Å².